The molecule has 3 aromatic rings. The number of benzene rings is 1. The highest BCUT2D eigenvalue weighted by atomic mass is 32.2. The molecule has 0 atom stereocenters. The Hall–Kier alpha value is -2.30. The SMILES string of the molecule is O=C(Nc1nncs1)c1cccc(NS(=O)(=O)c2cccs2)c1. The third-order valence-corrected chi connectivity index (χ3v) is 6.10. The number of rotatable bonds is 5. The van der Waals surface area contributed by atoms with Gasteiger partial charge in [0.05, 0.1) is 0 Å². The molecule has 7 nitrogen and oxygen atoms in total. The summed E-state index contributed by atoms with van der Waals surface area (Å²) < 4.78 is 27.0. The number of anilines is 2. The molecular weight excluding hydrogens is 356 g/mol. The van der Waals surface area contributed by atoms with Crippen molar-refractivity contribution >= 4 is 49.4 Å². The summed E-state index contributed by atoms with van der Waals surface area (Å²) >= 11 is 2.31. The van der Waals surface area contributed by atoms with Crippen LogP contribution in [0.15, 0.2) is 51.5 Å². The van der Waals surface area contributed by atoms with E-state index in [0.29, 0.717) is 16.4 Å². The first-order valence-corrected chi connectivity index (χ1v) is 9.53. The van der Waals surface area contributed by atoms with Crippen molar-refractivity contribution in [2.24, 2.45) is 0 Å². The maximum Gasteiger partial charge on any atom is 0.271 e. The number of hydrogen-bond acceptors (Lipinski definition) is 7. The van der Waals surface area contributed by atoms with Crippen LogP contribution in [0, 0.1) is 0 Å². The standard InChI is InChI=1S/C13H10N4O3S3/c18-12(15-13-16-14-8-22-13)9-3-1-4-10(7-9)17-23(19,20)11-5-2-6-21-11/h1-8,17H,(H,15,16,18). The molecule has 0 spiro atoms. The van der Waals surface area contributed by atoms with Crippen LogP contribution in [0.1, 0.15) is 10.4 Å². The van der Waals surface area contributed by atoms with E-state index in [-0.39, 0.29) is 10.1 Å². The van der Waals surface area contributed by atoms with Crippen molar-refractivity contribution in [3.8, 4) is 0 Å². The highest BCUT2D eigenvalue weighted by molar-refractivity contribution is 7.94. The minimum absolute atomic E-state index is 0.209. The van der Waals surface area contributed by atoms with Crippen molar-refractivity contribution in [3.05, 3.63) is 52.9 Å². The van der Waals surface area contributed by atoms with Gasteiger partial charge in [-0.1, -0.05) is 23.5 Å². The third kappa shape index (κ3) is 3.73. The smallest absolute Gasteiger partial charge is 0.271 e. The highest BCUT2D eigenvalue weighted by Gasteiger charge is 2.16. The fraction of sp³-hybridized carbons (Fsp3) is 0. The molecule has 0 unspecified atom stereocenters. The quantitative estimate of drug-likeness (QED) is 0.723. The molecular formula is C13H10N4O3S3. The van der Waals surface area contributed by atoms with Gasteiger partial charge >= 0.3 is 0 Å². The second-order valence-electron chi connectivity index (χ2n) is 4.32. The number of hydrogen-bond donors (Lipinski definition) is 2. The first kappa shape index (κ1) is 15.6. The van der Waals surface area contributed by atoms with Gasteiger partial charge in [-0.05, 0) is 29.6 Å². The zero-order valence-corrected chi connectivity index (χ0v) is 13.9. The van der Waals surface area contributed by atoms with Crippen LogP contribution in [0.3, 0.4) is 0 Å². The summed E-state index contributed by atoms with van der Waals surface area (Å²) in [6.07, 6.45) is 0. The Labute approximate surface area is 140 Å². The van der Waals surface area contributed by atoms with E-state index in [1.165, 1.54) is 29.0 Å². The van der Waals surface area contributed by atoms with E-state index in [1.54, 1.807) is 29.6 Å². The number of nitrogens with one attached hydrogen (secondary N) is 2. The molecule has 0 aliphatic rings. The van der Waals surface area contributed by atoms with Crippen molar-refractivity contribution < 1.29 is 13.2 Å². The normalized spacial score (nSPS) is 11.1. The average molecular weight is 366 g/mol. The van der Waals surface area contributed by atoms with E-state index in [2.05, 4.69) is 20.2 Å². The maximum atomic E-state index is 12.2. The summed E-state index contributed by atoms with van der Waals surface area (Å²) in [6, 6.07) is 9.39. The van der Waals surface area contributed by atoms with Gasteiger partial charge in [-0.25, -0.2) is 8.42 Å². The van der Waals surface area contributed by atoms with Gasteiger partial charge in [-0.2, -0.15) is 0 Å². The Morgan fingerprint density at radius 2 is 2.00 bits per heavy atom. The van der Waals surface area contributed by atoms with Gasteiger partial charge in [0.2, 0.25) is 5.13 Å². The van der Waals surface area contributed by atoms with Crippen LogP contribution in [-0.2, 0) is 10.0 Å². The van der Waals surface area contributed by atoms with Crippen molar-refractivity contribution in [1.29, 1.82) is 0 Å². The van der Waals surface area contributed by atoms with Crippen LogP contribution < -0.4 is 10.0 Å². The van der Waals surface area contributed by atoms with Crippen LogP contribution in [0.4, 0.5) is 10.8 Å². The lowest BCUT2D eigenvalue weighted by Gasteiger charge is -2.08. The van der Waals surface area contributed by atoms with E-state index >= 15 is 0 Å². The van der Waals surface area contributed by atoms with Gasteiger partial charge in [-0.15, -0.1) is 21.5 Å². The van der Waals surface area contributed by atoms with Gasteiger partial charge in [0.1, 0.15) is 9.72 Å². The van der Waals surface area contributed by atoms with E-state index in [9.17, 15) is 13.2 Å². The van der Waals surface area contributed by atoms with E-state index < -0.39 is 10.0 Å². The predicted octanol–water partition coefficient (Wildman–Crippen LogP) is 2.65. The Morgan fingerprint density at radius 3 is 2.70 bits per heavy atom. The molecule has 0 aliphatic heterocycles. The lowest BCUT2D eigenvalue weighted by atomic mass is 10.2. The van der Waals surface area contributed by atoms with Crippen LogP contribution in [0.5, 0.6) is 0 Å². The molecule has 2 heterocycles. The lowest BCUT2D eigenvalue weighted by Crippen LogP contribution is -2.14. The molecule has 1 aromatic carbocycles. The Bertz CT molecular complexity index is 906. The molecule has 0 aliphatic carbocycles. The number of amides is 1. The van der Waals surface area contributed by atoms with E-state index in [4.69, 9.17) is 0 Å². The molecule has 0 saturated heterocycles. The van der Waals surface area contributed by atoms with Crippen molar-refractivity contribution in [2.45, 2.75) is 4.21 Å². The molecule has 2 N–H and O–H groups in total. The Morgan fingerprint density at radius 1 is 1.13 bits per heavy atom. The molecule has 0 bridgehead atoms. The van der Waals surface area contributed by atoms with Gasteiger partial charge in [0.25, 0.3) is 15.9 Å². The van der Waals surface area contributed by atoms with Crippen LogP contribution >= 0.6 is 22.7 Å². The molecule has 118 valence electrons. The molecule has 1 amide bonds. The van der Waals surface area contributed by atoms with Crippen LogP contribution in [0.25, 0.3) is 0 Å². The zero-order chi connectivity index (χ0) is 16.3. The van der Waals surface area contributed by atoms with Gasteiger partial charge in [-0.3, -0.25) is 14.8 Å². The minimum Gasteiger partial charge on any atom is -0.296 e. The number of carbonyl (C=O) groups excluding carboxylic acids is 1. The number of nitrogens with zero attached hydrogens (tertiary/aromatic N) is 2. The Balaban J connectivity index is 1.79. The van der Waals surface area contributed by atoms with E-state index in [1.807, 2.05) is 0 Å². The summed E-state index contributed by atoms with van der Waals surface area (Å²) in [5, 5.41) is 12.0. The molecule has 23 heavy (non-hydrogen) atoms. The monoisotopic (exact) mass is 366 g/mol. The summed E-state index contributed by atoms with van der Waals surface area (Å²) in [6.45, 7) is 0. The van der Waals surface area contributed by atoms with Crippen LogP contribution in [-0.4, -0.2) is 24.5 Å². The van der Waals surface area contributed by atoms with E-state index in [0.717, 1.165) is 11.3 Å². The van der Waals surface area contributed by atoms with Crippen molar-refractivity contribution in [3.63, 3.8) is 0 Å². The fourth-order valence-electron chi connectivity index (χ4n) is 1.74. The summed E-state index contributed by atoms with van der Waals surface area (Å²) in [5.41, 5.74) is 2.12. The molecule has 10 heteroatoms. The largest absolute Gasteiger partial charge is 0.296 e. The van der Waals surface area contributed by atoms with Gasteiger partial charge in [0, 0.05) is 11.3 Å². The lowest BCUT2D eigenvalue weighted by molar-refractivity contribution is 0.102. The Kier molecular flexibility index (Phi) is 4.37. The number of sulfonamides is 1. The summed E-state index contributed by atoms with van der Waals surface area (Å²) in [4.78, 5) is 12.1. The minimum atomic E-state index is -3.65. The second-order valence-corrected chi connectivity index (χ2v) is 8.01. The number of thiophene rings is 1. The van der Waals surface area contributed by atoms with Gasteiger partial charge in [0.15, 0.2) is 0 Å². The molecule has 0 radical (unpaired) electrons. The predicted molar refractivity (Wildman–Crippen MR) is 89.4 cm³/mol. The number of carbonyl (C=O) groups is 1. The first-order valence-electron chi connectivity index (χ1n) is 6.28. The van der Waals surface area contributed by atoms with Crippen molar-refractivity contribution in [2.75, 3.05) is 10.0 Å². The molecule has 0 saturated carbocycles. The summed E-state index contributed by atoms with van der Waals surface area (Å²) in [5.74, 6) is -0.390. The van der Waals surface area contributed by atoms with Crippen molar-refractivity contribution in [1.82, 2.24) is 10.2 Å². The second kappa shape index (κ2) is 6.44. The highest BCUT2D eigenvalue weighted by Crippen LogP contribution is 2.21. The third-order valence-electron chi connectivity index (χ3n) is 2.72. The molecule has 2 aromatic heterocycles. The topological polar surface area (TPSA) is 101 Å². The van der Waals surface area contributed by atoms with Crippen LogP contribution in [0.2, 0.25) is 0 Å². The maximum absolute atomic E-state index is 12.2. The first-order chi connectivity index (χ1) is 11.0. The molecule has 0 fully saturated rings. The zero-order valence-electron chi connectivity index (χ0n) is 11.5. The summed E-state index contributed by atoms with van der Waals surface area (Å²) in [7, 11) is -3.65. The number of aromatic nitrogens is 2. The fourth-order valence-corrected chi connectivity index (χ4v) is 4.22. The molecule has 3 rings (SSSR count). The van der Waals surface area contributed by atoms with Gasteiger partial charge < -0.3 is 0 Å². The average Bonchev–Trinajstić information content (AvgIpc) is 3.20.